The first-order chi connectivity index (χ1) is 10.1. The number of sulfonamides is 1. The first kappa shape index (κ1) is 18.3. The summed E-state index contributed by atoms with van der Waals surface area (Å²) in [7, 11) is -3.38. The maximum Gasteiger partial charge on any atom is 0.240 e. The van der Waals surface area contributed by atoms with Crippen LogP contribution in [0.25, 0.3) is 0 Å². The molecule has 0 amide bonds. The average molecular weight is 332 g/mol. The van der Waals surface area contributed by atoms with Gasteiger partial charge in [0.25, 0.3) is 0 Å². The fourth-order valence-corrected chi connectivity index (χ4v) is 3.53. The van der Waals surface area contributed by atoms with E-state index in [4.69, 9.17) is 5.11 Å². The maximum absolute atomic E-state index is 11.9. The Morgan fingerprint density at radius 2 is 1.86 bits per heavy atom. The van der Waals surface area contributed by atoms with Gasteiger partial charge in [0.1, 0.15) is 0 Å². The minimum atomic E-state index is -3.38. The molecule has 21 heavy (non-hydrogen) atoms. The quantitative estimate of drug-likeness (QED) is 0.540. The van der Waals surface area contributed by atoms with E-state index in [1.807, 2.05) is 6.92 Å². The molecule has 1 aromatic rings. The smallest absolute Gasteiger partial charge is 0.240 e. The van der Waals surface area contributed by atoms with Crippen molar-refractivity contribution >= 4 is 27.5 Å². The molecule has 0 bridgehead atoms. The van der Waals surface area contributed by atoms with Gasteiger partial charge in [0.2, 0.25) is 10.0 Å². The van der Waals surface area contributed by atoms with Gasteiger partial charge in [0, 0.05) is 31.1 Å². The molecule has 0 aliphatic rings. The molecule has 0 heterocycles. The highest BCUT2D eigenvalue weighted by Crippen LogP contribution is 2.14. The number of aliphatic hydroxyl groups excluding tert-OH is 1. The third-order valence-corrected chi connectivity index (χ3v) is 5.28. The van der Waals surface area contributed by atoms with Crippen molar-refractivity contribution in [2.75, 3.05) is 36.5 Å². The Labute approximate surface area is 131 Å². The highest BCUT2D eigenvalue weighted by atomic mass is 32.2. The molecule has 5 nitrogen and oxygen atoms in total. The zero-order valence-electron chi connectivity index (χ0n) is 12.3. The summed E-state index contributed by atoms with van der Waals surface area (Å²) in [4.78, 5) is 0.291. The van der Waals surface area contributed by atoms with Gasteiger partial charge < -0.3 is 10.4 Å². The standard InChI is InChI=1S/C14H24N2O3S2/c1-2-8-16-21(18,19)14-6-4-13(5-7-14)15-9-12-20-11-3-10-17/h4-7,15-17H,2-3,8-12H2,1H3. The number of hydrogen-bond acceptors (Lipinski definition) is 5. The van der Waals surface area contributed by atoms with Crippen LogP contribution >= 0.6 is 11.8 Å². The van der Waals surface area contributed by atoms with Crippen LogP contribution in [0.4, 0.5) is 5.69 Å². The molecule has 0 radical (unpaired) electrons. The summed E-state index contributed by atoms with van der Waals surface area (Å²) in [6.07, 6.45) is 1.59. The van der Waals surface area contributed by atoms with Crippen LogP contribution in [0, 0.1) is 0 Å². The van der Waals surface area contributed by atoms with Crippen molar-refractivity contribution in [2.45, 2.75) is 24.7 Å². The summed E-state index contributed by atoms with van der Waals surface area (Å²) in [5.41, 5.74) is 0.909. The topological polar surface area (TPSA) is 78.4 Å². The highest BCUT2D eigenvalue weighted by molar-refractivity contribution is 7.99. The molecular weight excluding hydrogens is 308 g/mol. The monoisotopic (exact) mass is 332 g/mol. The average Bonchev–Trinajstić information content (AvgIpc) is 2.49. The van der Waals surface area contributed by atoms with Crippen LogP contribution in [0.1, 0.15) is 19.8 Å². The lowest BCUT2D eigenvalue weighted by molar-refractivity contribution is 0.296. The summed E-state index contributed by atoms with van der Waals surface area (Å²) >= 11 is 1.79. The summed E-state index contributed by atoms with van der Waals surface area (Å²) in [5, 5.41) is 11.9. The molecule has 1 rings (SSSR count). The van der Waals surface area contributed by atoms with Gasteiger partial charge in [-0.25, -0.2) is 13.1 Å². The second-order valence-electron chi connectivity index (χ2n) is 4.54. The zero-order valence-corrected chi connectivity index (χ0v) is 14.0. The highest BCUT2D eigenvalue weighted by Gasteiger charge is 2.12. The van der Waals surface area contributed by atoms with Gasteiger partial charge in [-0.3, -0.25) is 0 Å². The number of nitrogens with one attached hydrogen (secondary N) is 2. The summed E-state index contributed by atoms with van der Waals surface area (Å²) in [6, 6.07) is 6.77. The van der Waals surface area contributed by atoms with Gasteiger partial charge in [-0.2, -0.15) is 11.8 Å². The van der Waals surface area contributed by atoms with Gasteiger partial charge in [-0.15, -0.1) is 0 Å². The lowest BCUT2D eigenvalue weighted by atomic mass is 10.3. The summed E-state index contributed by atoms with van der Waals surface area (Å²) < 4.78 is 26.4. The Bertz CT molecular complexity index is 489. The Morgan fingerprint density at radius 1 is 1.14 bits per heavy atom. The van der Waals surface area contributed by atoms with Gasteiger partial charge in [-0.1, -0.05) is 6.92 Å². The van der Waals surface area contributed by atoms with Crippen LogP contribution in [0.2, 0.25) is 0 Å². The number of anilines is 1. The van der Waals surface area contributed by atoms with Crippen LogP contribution in [0.5, 0.6) is 0 Å². The first-order valence-corrected chi connectivity index (χ1v) is 9.76. The third-order valence-electron chi connectivity index (χ3n) is 2.73. The molecule has 0 saturated carbocycles. The number of benzene rings is 1. The van der Waals surface area contributed by atoms with Gasteiger partial charge in [0.05, 0.1) is 4.90 Å². The molecule has 0 aliphatic heterocycles. The van der Waals surface area contributed by atoms with E-state index in [1.165, 1.54) is 0 Å². The number of aliphatic hydroxyl groups is 1. The molecule has 0 aromatic heterocycles. The number of rotatable bonds is 11. The Balaban J connectivity index is 2.40. The Morgan fingerprint density at radius 3 is 2.48 bits per heavy atom. The minimum Gasteiger partial charge on any atom is -0.396 e. The molecule has 0 aliphatic carbocycles. The molecule has 0 fully saturated rings. The van der Waals surface area contributed by atoms with E-state index >= 15 is 0 Å². The molecule has 120 valence electrons. The predicted octanol–water partition coefficient (Wildman–Crippen LogP) is 1.90. The van der Waals surface area contributed by atoms with E-state index in [0.717, 1.165) is 36.6 Å². The lowest BCUT2D eigenvalue weighted by Gasteiger charge is -2.08. The van der Waals surface area contributed by atoms with Crippen molar-refractivity contribution in [1.82, 2.24) is 4.72 Å². The molecule has 7 heteroatoms. The molecule has 0 unspecified atom stereocenters. The van der Waals surface area contributed by atoms with Crippen LogP contribution in [0.15, 0.2) is 29.2 Å². The van der Waals surface area contributed by atoms with E-state index in [2.05, 4.69) is 10.0 Å². The Kier molecular flexibility index (Phi) is 8.75. The Hall–Kier alpha value is -0.760. The van der Waals surface area contributed by atoms with Crippen molar-refractivity contribution in [3.8, 4) is 0 Å². The largest absolute Gasteiger partial charge is 0.396 e. The number of thioether (sulfide) groups is 1. The summed E-state index contributed by atoms with van der Waals surface area (Å²) in [6.45, 7) is 3.43. The zero-order chi connectivity index (χ0) is 15.6. The van der Waals surface area contributed by atoms with Crippen LogP contribution in [0.3, 0.4) is 0 Å². The van der Waals surface area contributed by atoms with Crippen LogP contribution in [-0.4, -0.2) is 44.7 Å². The van der Waals surface area contributed by atoms with Gasteiger partial charge >= 0.3 is 0 Å². The molecule has 0 spiro atoms. The molecular formula is C14H24N2O3S2. The van der Waals surface area contributed by atoms with Crippen molar-refractivity contribution in [2.24, 2.45) is 0 Å². The van der Waals surface area contributed by atoms with E-state index < -0.39 is 10.0 Å². The molecule has 0 saturated heterocycles. The van der Waals surface area contributed by atoms with E-state index in [0.29, 0.717) is 11.4 Å². The van der Waals surface area contributed by atoms with Crippen LogP contribution < -0.4 is 10.0 Å². The SMILES string of the molecule is CCCNS(=O)(=O)c1ccc(NCCSCCCO)cc1. The first-order valence-electron chi connectivity index (χ1n) is 7.12. The van der Waals surface area contributed by atoms with E-state index in [-0.39, 0.29) is 6.61 Å². The molecule has 0 atom stereocenters. The van der Waals surface area contributed by atoms with E-state index in [1.54, 1.807) is 36.0 Å². The fourth-order valence-electron chi connectivity index (χ4n) is 1.61. The summed E-state index contributed by atoms with van der Waals surface area (Å²) in [5.74, 6) is 1.91. The van der Waals surface area contributed by atoms with E-state index in [9.17, 15) is 8.42 Å². The maximum atomic E-state index is 11.9. The number of hydrogen-bond donors (Lipinski definition) is 3. The molecule has 3 N–H and O–H groups in total. The second kappa shape index (κ2) is 10.0. The predicted molar refractivity (Wildman–Crippen MR) is 89.4 cm³/mol. The lowest BCUT2D eigenvalue weighted by Crippen LogP contribution is -2.24. The van der Waals surface area contributed by atoms with Gasteiger partial charge in [0.15, 0.2) is 0 Å². The second-order valence-corrected chi connectivity index (χ2v) is 7.53. The van der Waals surface area contributed by atoms with Gasteiger partial charge in [-0.05, 0) is 42.9 Å². The van der Waals surface area contributed by atoms with Crippen LogP contribution in [-0.2, 0) is 10.0 Å². The van der Waals surface area contributed by atoms with Crippen molar-refractivity contribution in [3.05, 3.63) is 24.3 Å². The minimum absolute atomic E-state index is 0.239. The third kappa shape index (κ3) is 7.17. The van der Waals surface area contributed by atoms with Crippen molar-refractivity contribution < 1.29 is 13.5 Å². The molecule has 1 aromatic carbocycles. The van der Waals surface area contributed by atoms with Crippen molar-refractivity contribution in [1.29, 1.82) is 0 Å². The van der Waals surface area contributed by atoms with Crippen molar-refractivity contribution in [3.63, 3.8) is 0 Å². The fraction of sp³-hybridized carbons (Fsp3) is 0.571. The normalized spacial score (nSPS) is 11.5.